The number of hydrogen-bond donors (Lipinski definition) is 1. The summed E-state index contributed by atoms with van der Waals surface area (Å²) in [5.41, 5.74) is 4.24. The molecule has 4 aromatic rings. The molecule has 0 aliphatic carbocycles. The molecule has 1 amide bonds. The van der Waals surface area contributed by atoms with Crippen LogP contribution in [-0.2, 0) is 16.4 Å². The Morgan fingerprint density at radius 1 is 0.886 bits per heavy atom. The van der Waals surface area contributed by atoms with Gasteiger partial charge in [-0.05, 0) is 47.9 Å². The van der Waals surface area contributed by atoms with Crippen molar-refractivity contribution >= 4 is 27.3 Å². The number of sulfonamides is 1. The van der Waals surface area contributed by atoms with Gasteiger partial charge in [-0.3, -0.25) is 9.10 Å². The van der Waals surface area contributed by atoms with E-state index in [2.05, 4.69) is 5.32 Å². The van der Waals surface area contributed by atoms with Crippen LogP contribution < -0.4 is 14.4 Å². The van der Waals surface area contributed by atoms with Crippen LogP contribution in [0.25, 0.3) is 11.1 Å². The van der Waals surface area contributed by atoms with Crippen molar-refractivity contribution in [3.8, 4) is 16.9 Å². The summed E-state index contributed by atoms with van der Waals surface area (Å²) in [6, 6.07) is 29.0. The van der Waals surface area contributed by atoms with Crippen molar-refractivity contribution in [1.29, 1.82) is 0 Å². The lowest BCUT2D eigenvalue weighted by Crippen LogP contribution is -2.29. The van der Waals surface area contributed by atoms with Gasteiger partial charge in [0.2, 0.25) is 0 Å². The molecule has 0 aromatic heterocycles. The Morgan fingerprint density at radius 2 is 1.60 bits per heavy atom. The molecule has 1 heterocycles. The molecule has 0 saturated heterocycles. The van der Waals surface area contributed by atoms with Gasteiger partial charge in [-0.15, -0.1) is 0 Å². The number of nitrogens with zero attached hydrogens (tertiary/aromatic N) is 1. The second-order valence-corrected chi connectivity index (χ2v) is 10.0. The summed E-state index contributed by atoms with van der Waals surface area (Å²) in [5, 5.41) is 2.94. The summed E-state index contributed by atoms with van der Waals surface area (Å²) in [5.74, 6) is -0.162. The first-order valence-corrected chi connectivity index (χ1v) is 12.7. The van der Waals surface area contributed by atoms with Crippen LogP contribution in [0.5, 0.6) is 5.75 Å². The average Bonchev–Trinajstić information content (AvgIpc) is 3.34. The van der Waals surface area contributed by atoms with Crippen LogP contribution in [0, 0.1) is 0 Å². The zero-order valence-electron chi connectivity index (χ0n) is 19.1. The number of amides is 1. The maximum Gasteiger partial charge on any atom is 0.264 e. The van der Waals surface area contributed by atoms with E-state index in [0.717, 1.165) is 16.7 Å². The molecule has 1 aliphatic rings. The molecule has 0 spiro atoms. The van der Waals surface area contributed by atoms with E-state index < -0.39 is 15.9 Å². The minimum atomic E-state index is -3.86. The van der Waals surface area contributed by atoms with Gasteiger partial charge in [0.25, 0.3) is 15.9 Å². The molecule has 0 fully saturated rings. The first-order chi connectivity index (χ1) is 17.0. The van der Waals surface area contributed by atoms with Crippen LogP contribution in [0.2, 0.25) is 0 Å². The second-order valence-electron chi connectivity index (χ2n) is 8.18. The molecular weight excluding hydrogens is 460 g/mol. The summed E-state index contributed by atoms with van der Waals surface area (Å²) in [6.07, 6.45) is 0.648. The predicted octanol–water partition coefficient (Wildman–Crippen LogP) is 5.37. The normalized spacial score (nSPS) is 12.8. The fraction of sp³-hybridized carbons (Fsp3) is 0.107. The smallest absolute Gasteiger partial charge is 0.264 e. The Kier molecular flexibility index (Phi) is 6.01. The Morgan fingerprint density at radius 3 is 2.40 bits per heavy atom. The van der Waals surface area contributed by atoms with E-state index in [0.29, 0.717) is 30.1 Å². The van der Waals surface area contributed by atoms with Crippen molar-refractivity contribution in [1.82, 2.24) is 0 Å². The summed E-state index contributed by atoms with van der Waals surface area (Å²) < 4.78 is 33.8. The van der Waals surface area contributed by atoms with E-state index in [1.807, 2.05) is 72.8 Å². The van der Waals surface area contributed by atoms with E-state index in [-0.39, 0.29) is 10.5 Å². The molecule has 5 rings (SSSR count). The van der Waals surface area contributed by atoms with Gasteiger partial charge in [0, 0.05) is 17.8 Å². The van der Waals surface area contributed by atoms with Crippen molar-refractivity contribution in [3.63, 3.8) is 0 Å². The van der Waals surface area contributed by atoms with Gasteiger partial charge < -0.3 is 10.1 Å². The van der Waals surface area contributed by atoms with E-state index in [4.69, 9.17) is 4.74 Å². The number of carbonyl (C=O) groups is 1. The van der Waals surface area contributed by atoms with E-state index in [1.54, 1.807) is 6.07 Å². The minimum absolute atomic E-state index is 0.0384. The molecule has 0 bridgehead atoms. The quantitative estimate of drug-likeness (QED) is 0.399. The lowest BCUT2D eigenvalue weighted by Gasteiger charge is -2.20. The van der Waals surface area contributed by atoms with Crippen LogP contribution >= 0.6 is 0 Å². The third-order valence-corrected chi connectivity index (χ3v) is 7.92. The van der Waals surface area contributed by atoms with Crippen LogP contribution in [-0.4, -0.2) is 28.0 Å². The molecule has 0 unspecified atom stereocenters. The molecule has 0 atom stereocenters. The lowest BCUT2D eigenvalue weighted by molar-refractivity contribution is 0.102. The molecule has 7 heteroatoms. The van der Waals surface area contributed by atoms with Gasteiger partial charge in [-0.1, -0.05) is 66.7 Å². The number of carbonyl (C=O) groups excluding carboxylic acids is 1. The lowest BCUT2D eigenvalue weighted by atomic mass is 10.0. The van der Waals surface area contributed by atoms with Crippen molar-refractivity contribution in [2.75, 3.05) is 23.3 Å². The van der Waals surface area contributed by atoms with Crippen molar-refractivity contribution in [2.24, 2.45) is 0 Å². The minimum Gasteiger partial charge on any atom is -0.496 e. The number of methoxy groups -OCH3 is 1. The van der Waals surface area contributed by atoms with E-state index in [1.165, 1.54) is 29.6 Å². The number of rotatable bonds is 6. The van der Waals surface area contributed by atoms with Crippen LogP contribution in [0.1, 0.15) is 15.9 Å². The number of fused-ring (bicyclic) bond motifs is 1. The highest BCUT2D eigenvalue weighted by Gasteiger charge is 2.31. The summed E-state index contributed by atoms with van der Waals surface area (Å²) >= 11 is 0. The van der Waals surface area contributed by atoms with Gasteiger partial charge in [0.15, 0.2) is 0 Å². The molecule has 35 heavy (non-hydrogen) atoms. The van der Waals surface area contributed by atoms with Crippen molar-refractivity contribution < 1.29 is 17.9 Å². The highest BCUT2D eigenvalue weighted by atomic mass is 32.2. The van der Waals surface area contributed by atoms with Gasteiger partial charge in [-0.2, -0.15) is 0 Å². The predicted molar refractivity (Wildman–Crippen MR) is 138 cm³/mol. The van der Waals surface area contributed by atoms with Crippen molar-refractivity contribution in [3.05, 3.63) is 108 Å². The van der Waals surface area contributed by atoms with Crippen LogP contribution in [0.15, 0.2) is 102 Å². The maximum absolute atomic E-state index is 13.5. The summed E-state index contributed by atoms with van der Waals surface area (Å²) in [6.45, 7) is 0.361. The molecule has 6 nitrogen and oxygen atoms in total. The fourth-order valence-electron chi connectivity index (χ4n) is 4.36. The highest BCUT2D eigenvalue weighted by Crippen LogP contribution is 2.34. The third kappa shape index (κ3) is 4.26. The molecule has 176 valence electrons. The first kappa shape index (κ1) is 22.7. The molecule has 4 aromatic carbocycles. The Labute approximate surface area is 204 Å². The zero-order chi connectivity index (χ0) is 24.4. The Hall–Kier alpha value is -4.10. The monoisotopic (exact) mass is 484 g/mol. The number of ether oxygens (including phenoxy) is 1. The van der Waals surface area contributed by atoms with Gasteiger partial charge in [0.05, 0.1) is 23.3 Å². The van der Waals surface area contributed by atoms with Crippen LogP contribution in [0.3, 0.4) is 0 Å². The largest absolute Gasteiger partial charge is 0.496 e. The number of para-hydroxylation sites is 2. The van der Waals surface area contributed by atoms with Crippen molar-refractivity contribution in [2.45, 2.75) is 11.3 Å². The number of benzene rings is 4. The number of hydrogen-bond acceptors (Lipinski definition) is 4. The van der Waals surface area contributed by atoms with E-state index in [9.17, 15) is 13.2 Å². The molecule has 0 radical (unpaired) electrons. The van der Waals surface area contributed by atoms with E-state index >= 15 is 0 Å². The zero-order valence-corrected chi connectivity index (χ0v) is 20.0. The average molecular weight is 485 g/mol. The maximum atomic E-state index is 13.5. The Balaban J connectivity index is 1.50. The van der Waals surface area contributed by atoms with Gasteiger partial charge >= 0.3 is 0 Å². The second kappa shape index (κ2) is 9.27. The van der Waals surface area contributed by atoms with Gasteiger partial charge in [-0.25, -0.2) is 8.42 Å². The highest BCUT2D eigenvalue weighted by molar-refractivity contribution is 7.92. The SMILES string of the molecule is COc1ccc(S(=O)(=O)N2CCc3ccccc32)cc1C(=O)Nc1ccccc1-c1ccccc1. The number of anilines is 2. The van der Waals surface area contributed by atoms with Crippen LogP contribution in [0.4, 0.5) is 11.4 Å². The number of nitrogens with one attached hydrogen (secondary N) is 1. The first-order valence-electron chi connectivity index (χ1n) is 11.2. The molecule has 0 saturated carbocycles. The molecule has 1 N–H and O–H groups in total. The third-order valence-electron chi connectivity index (χ3n) is 6.11. The molecule has 1 aliphatic heterocycles. The summed E-state index contributed by atoms with van der Waals surface area (Å²) in [4.78, 5) is 13.4. The standard InChI is InChI=1S/C28H24N2O4S/c1-34-27-16-15-22(35(32,33)30-18-17-21-11-5-8-14-26(21)30)19-24(27)28(31)29-25-13-7-6-12-23(25)20-9-3-2-4-10-20/h2-16,19H,17-18H2,1H3,(H,29,31). The van der Waals surface area contributed by atoms with Gasteiger partial charge in [0.1, 0.15) is 5.75 Å². The molecular formula is C28H24N2O4S. The fourth-order valence-corrected chi connectivity index (χ4v) is 5.89. The Bertz CT molecular complexity index is 1500. The topological polar surface area (TPSA) is 75.7 Å². The summed E-state index contributed by atoms with van der Waals surface area (Å²) in [7, 11) is -2.41.